The molecule has 0 bridgehead atoms. The Morgan fingerprint density at radius 2 is 1.88 bits per heavy atom. The molecular formula is C20H18BrNO2. The van der Waals surface area contributed by atoms with Crippen molar-refractivity contribution < 1.29 is 9.53 Å². The summed E-state index contributed by atoms with van der Waals surface area (Å²) in [6.07, 6.45) is 2.05. The topological polar surface area (TPSA) is 38.3 Å². The predicted molar refractivity (Wildman–Crippen MR) is 99.8 cm³/mol. The van der Waals surface area contributed by atoms with Gasteiger partial charge in [-0.25, -0.2) is 4.79 Å². The van der Waals surface area contributed by atoms with Gasteiger partial charge in [-0.3, -0.25) is 0 Å². The first-order valence-corrected chi connectivity index (χ1v) is 8.40. The summed E-state index contributed by atoms with van der Waals surface area (Å²) in [6, 6.07) is 20.5. The molecule has 0 unspecified atom stereocenters. The van der Waals surface area contributed by atoms with Gasteiger partial charge in [0.1, 0.15) is 0 Å². The zero-order valence-corrected chi connectivity index (χ0v) is 15.0. The molecule has 0 radical (unpaired) electrons. The van der Waals surface area contributed by atoms with E-state index in [1.165, 1.54) is 6.08 Å². The Labute approximate surface area is 150 Å². The van der Waals surface area contributed by atoms with Crippen molar-refractivity contribution in [2.75, 3.05) is 6.61 Å². The number of carbonyl (C=O) groups is 1. The lowest BCUT2D eigenvalue weighted by atomic mass is 10.1. The number of esters is 1. The number of hydrogen-bond donors (Lipinski definition) is 1. The molecule has 0 spiro atoms. The van der Waals surface area contributed by atoms with E-state index >= 15 is 0 Å². The summed E-state index contributed by atoms with van der Waals surface area (Å²) in [7, 11) is 0. The fourth-order valence-corrected chi connectivity index (χ4v) is 2.24. The van der Waals surface area contributed by atoms with Gasteiger partial charge in [0.2, 0.25) is 0 Å². The summed E-state index contributed by atoms with van der Waals surface area (Å²) < 4.78 is 6.02. The molecule has 0 amide bonds. The average molecular weight is 384 g/mol. The normalized spacial score (nSPS) is 10.5. The third kappa shape index (κ3) is 5.94. The van der Waals surface area contributed by atoms with E-state index < -0.39 is 5.97 Å². The van der Waals surface area contributed by atoms with Crippen LogP contribution in [0.2, 0.25) is 0 Å². The summed E-state index contributed by atoms with van der Waals surface area (Å²) in [4.78, 5) is 11.7. The van der Waals surface area contributed by atoms with E-state index in [1.54, 1.807) is 6.92 Å². The van der Waals surface area contributed by atoms with Crippen LogP contribution in [0.15, 0.2) is 65.1 Å². The Hall–Kier alpha value is -2.51. The molecule has 0 aliphatic carbocycles. The predicted octanol–water partition coefficient (Wildman–Crippen LogP) is 4.15. The number of nitrogens with one attached hydrogen (secondary N) is 1. The van der Waals surface area contributed by atoms with Crippen LogP contribution in [0.5, 0.6) is 0 Å². The second-order valence-electron chi connectivity index (χ2n) is 4.91. The summed E-state index contributed by atoms with van der Waals surface area (Å²) in [6.45, 7) is 2.12. The van der Waals surface area contributed by atoms with E-state index in [4.69, 9.17) is 4.74 Å². The number of hydrogen-bond acceptors (Lipinski definition) is 3. The minimum Gasteiger partial charge on any atom is -0.463 e. The third-order valence-corrected chi connectivity index (χ3v) is 3.65. The molecule has 0 saturated carbocycles. The van der Waals surface area contributed by atoms with Crippen molar-refractivity contribution in [1.82, 2.24) is 5.32 Å². The Morgan fingerprint density at radius 3 is 2.54 bits per heavy atom. The summed E-state index contributed by atoms with van der Waals surface area (Å²) in [5.41, 5.74) is 2.63. The van der Waals surface area contributed by atoms with E-state index in [-0.39, 0.29) is 0 Å². The SMILES string of the molecule is CCOC(=O)/C=C(\NC#CCc1ccc(Br)cc1)c1ccccc1. The Morgan fingerprint density at radius 1 is 1.17 bits per heavy atom. The van der Waals surface area contributed by atoms with Gasteiger partial charge in [0, 0.05) is 23.0 Å². The standard InChI is InChI=1S/C20H18BrNO2/c1-2-24-20(23)15-19(17-8-4-3-5-9-17)22-14-6-7-16-10-12-18(21)13-11-16/h3-5,8-13,15,22H,2,7H2,1H3/b19-15-. The van der Waals surface area contributed by atoms with Crippen molar-refractivity contribution in [1.29, 1.82) is 0 Å². The number of rotatable bonds is 5. The smallest absolute Gasteiger partial charge is 0.332 e. The van der Waals surface area contributed by atoms with Crippen LogP contribution < -0.4 is 5.32 Å². The van der Waals surface area contributed by atoms with E-state index in [1.807, 2.05) is 54.6 Å². The van der Waals surface area contributed by atoms with Gasteiger partial charge < -0.3 is 10.1 Å². The van der Waals surface area contributed by atoms with Gasteiger partial charge in [-0.15, -0.1) is 0 Å². The first-order valence-electron chi connectivity index (χ1n) is 7.61. The molecule has 4 heteroatoms. The van der Waals surface area contributed by atoms with Crippen molar-refractivity contribution in [3.8, 4) is 12.0 Å². The largest absolute Gasteiger partial charge is 0.463 e. The quantitative estimate of drug-likeness (QED) is 0.364. The van der Waals surface area contributed by atoms with Gasteiger partial charge >= 0.3 is 5.97 Å². The molecule has 0 aliphatic heterocycles. The van der Waals surface area contributed by atoms with Crippen LogP contribution in [0, 0.1) is 12.0 Å². The van der Waals surface area contributed by atoms with Gasteiger partial charge in [-0.2, -0.15) is 0 Å². The lowest BCUT2D eigenvalue weighted by Gasteiger charge is -2.06. The van der Waals surface area contributed by atoms with Crippen LogP contribution in [-0.4, -0.2) is 12.6 Å². The molecule has 0 aromatic heterocycles. The highest BCUT2D eigenvalue weighted by molar-refractivity contribution is 9.10. The molecule has 24 heavy (non-hydrogen) atoms. The van der Waals surface area contributed by atoms with Crippen LogP contribution in [-0.2, 0) is 16.0 Å². The van der Waals surface area contributed by atoms with Crippen LogP contribution >= 0.6 is 15.9 Å². The molecule has 2 rings (SSSR count). The van der Waals surface area contributed by atoms with Gasteiger partial charge in [0.15, 0.2) is 0 Å². The van der Waals surface area contributed by atoms with Gasteiger partial charge in [-0.1, -0.05) is 64.3 Å². The zero-order chi connectivity index (χ0) is 17.2. The number of benzene rings is 2. The van der Waals surface area contributed by atoms with E-state index in [2.05, 4.69) is 33.2 Å². The zero-order valence-electron chi connectivity index (χ0n) is 13.4. The van der Waals surface area contributed by atoms with Crippen LogP contribution in [0.1, 0.15) is 18.1 Å². The van der Waals surface area contributed by atoms with E-state index in [9.17, 15) is 4.79 Å². The van der Waals surface area contributed by atoms with E-state index in [0.717, 1.165) is 15.6 Å². The Bertz CT molecular complexity index is 756. The lowest BCUT2D eigenvalue weighted by molar-refractivity contribution is -0.137. The van der Waals surface area contributed by atoms with Gasteiger partial charge in [-0.05, 0) is 30.2 Å². The maximum absolute atomic E-state index is 11.7. The molecule has 122 valence electrons. The Kier molecular flexibility index (Phi) is 7.13. The van der Waals surface area contributed by atoms with Crippen molar-refractivity contribution in [3.63, 3.8) is 0 Å². The molecule has 2 aromatic carbocycles. The van der Waals surface area contributed by atoms with Crippen molar-refractivity contribution in [2.24, 2.45) is 0 Å². The van der Waals surface area contributed by atoms with Gasteiger partial charge in [0.05, 0.1) is 12.3 Å². The molecule has 0 heterocycles. The highest BCUT2D eigenvalue weighted by atomic mass is 79.9. The fourth-order valence-electron chi connectivity index (χ4n) is 1.97. The summed E-state index contributed by atoms with van der Waals surface area (Å²) in [5, 5.41) is 3.00. The fraction of sp³-hybridized carbons (Fsp3) is 0.150. The Balaban J connectivity index is 2.07. The minimum absolute atomic E-state index is 0.340. The van der Waals surface area contributed by atoms with Crippen molar-refractivity contribution >= 4 is 27.6 Å². The molecule has 0 aliphatic rings. The molecule has 1 N–H and O–H groups in total. The van der Waals surface area contributed by atoms with Gasteiger partial charge in [0.25, 0.3) is 0 Å². The second kappa shape index (κ2) is 9.59. The third-order valence-electron chi connectivity index (χ3n) is 3.12. The van der Waals surface area contributed by atoms with E-state index in [0.29, 0.717) is 18.7 Å². The molecule has 0 atom stereocenters. The second-order valence-corrected chi connectivity index (χ2v) is 5.82. The van der Waals surface area contributed by atoms with Crippen molar-refractivity contribution in [2.45, 2.75) is 13.3 Å². The first kappa shape index (κ1) is 17.8. The number of ether oxygens (including phenoxy) is 1. The highest BCUT2D eigenvalue weighted by Gasteiger charge is 2.04. The van der Waals surface area contributed by atoms with Crippen LogP contribution in [0.3, 0.4) is 0 Å². The first-order chi connectivity index (χ1) is 11.7. The molecule has 0 saturated heterocycles. The number of carbonyl (C=O) groups excluding carboxylic acids is 1. The summed E-state index contributed by atoms with van der Waals surface area (Å²) in [5.74, 6) is 2.67. The van der Waals surface area contributed by atoms with Crippen LogP contribution in [0.25, 0.3) is 5.70 Å². The van der Waals surface area contributed by atoms with Crippen molar-refractivity contribution in [3.05, 3.63) is 76.3 Å². The maximum atomic E-state index is 11.7. The lowest BCUT2D eigenvalue weighted by Crippen LogP contribution is -2.09. The summed E-state index contributed by atoms with van der Waals surface area (Å²) >= 11 is 3.41. The molecule has 0 fully saturated rings. The maximum Gasteiger partial charge on any atom is 0.332 e. The monoisotopic (exact) mass is 383 g/mol. The number of halogens is 1. The molecular weight excluding hydrogens is 366 g/mol. The van der Waals surface area contributed by atoms with Crippen LogP contribution in [0.4, 0.5) is 0 Å². The minimum atomic E-state index is -0.390. The molecule has 2 aromatic rings. The highest BCUT2D eigenvalue weighted by Crippen LogP contribution is 2.12. The molecule has 3 nitrogen and oxygen atoms in total. The average Bonchev–Trinajstić information content (AvgIpc) is 2.60.